The van der Waals surface area contributed by atoms with Crippen molar-refractivity contribution in [2.75, 3.05) is 18.8 Å². The molecular weight excluding hydrogens is 252 g/mol. The maximum absolute atomic E-state index is 9.31. The van der Waals surface area contributed by atoms with Crippen molar-refractivity contribution < 1.29 is 5.11 Å². The van der Waals surface area contributed by atoms with E-state index in [-0.39, 0.29) is 6.61 Å². The number of anilines is 1. The zero-order valence-corrected chi connectivity index (χ0v) is 11.9. The third-order valence-electron chi connectivity index (χ3n) is 4.13. The Labute approximate surface area is 118 Å². The van der Waals surface area contributed by atoms with Crippen LogP contribution in [0, 0.1) is 6.92 Å². The zero-order chi connectivity index (χ0) is 14.1. The lowest BCUT2D eigenvalue weighted by Gasteiger charge is -2.19. The van der Waals surface area contributed by atoms with Gasteiger partial charge in [0.25, 0.3) is 0 Å². The minimum absolute atomic E-state index is 0.0362. The van der Waals surface area contributed by atoms with Crippen molar-refractivity contribution in [1.82, 2.24) is 14.9 Å². The van der Waals surface area contributed by atoms with Crippen molar-refractivity contribution in [3.05, 3.63) is 23.3 Å². The van der Waals surface area contributed by atoms with E-state index in [0.717, 1.165) is 41.7 Å². The molecule has 0 amide bonds. The Hall–Kier alpha value is -1.59. The fourth-order valence-electron chi connectivity index (χ4n) is 3.21. The molecule has 1 saturated heterocycles. The van der Waals surface area contributed by atoms with E-state index in [9.17, 15) is 5.11 Å². The number of imidazole rings is 1. The van der Waals surface area contributed by atoms with E-state index in [1.807, 2.05) is 12.1 Å². The maximum Gasteiger partial charge on any atom is 0.201 e. The first-order valence-corrected chi connectivity index (χ1v) is 7.29. The van der Waals surface area contributed by atoms with Crippen molar-refractivity contribution in [1.29, 1.82) is 0 Å². The summed E-state index contributed by atoms with van der Waals surface area (Å²) in [5, 5.41) is 12.8. The number of hydrogen-bond donors (Lipinski definition) is 3. The number of hydrogen-bond acceptors (Lipinski definition) is 4. The smallest absolute Gasteiger partial charge is 0.201 e. The molecule has 2 heterocycles. The van der Waals surface area contributed by atoms with Gasteiger partial charge in [-0.3, -0.25) is 0 Å². The Balaban J connectivity index is 2.12. The summed E-state index contributed by atoms with van der Waals surface area (Å²) in [5.74, 6) is 0.576. The molecule has 0 spiro atoms. The fraction of sp³-hybridized carbons (Fsp3) is 0.533. The Morgan fingerprint density at radius 1 is 1.45 bits per heavy atom. The molecule has 5 heteroatoms. The van der Waals surface area contributed by atoms with Gasteiger partial charge in [0.2, 0.25) is 5.95 Å². The Kier molecular flexibility index (Phi) is 3.63. The summed E-state index contributed by atoms with van der Waals surface area (Å²) in [4.78, 5) is 4.49. The number of nitrogens with zero attached hydrogens (tertiary/aromatic N) is 2. The van der Waals surface area contributed by atoms with Crippen molar-refractivity contribution in [2.24, 2.45) is 0 Å². The number of benzene rings is 1. The average molecular weight is 274 g/mol. The molecular formula is C15H22N4O. The molecule has 3 rings (SSSR count). The van der Waals surface area contributed by atoms with Crippen LogP contribution in [0.25, 0.3) is 11.0 Å². The molecule has 1 aromatic carbocycles. The predicted molar refractivity (Wildman–Crippen MR) is 80.6 cm³/mol. The normalized spacial score (nSPS) is 20.2. The molecule has 0 saturated carbocycles. The number of aliphatic hydroxyl groups excluding tert-OH is 1. The molecule has 0 radical (unpaired) electrons. The van der Waals surface area contributed by atoms with E-state index < -0.39 is 0 Å². The van der Waals surface area contributed by atoms with Crippen LogP contribution in [0.3, 0.4) is 0 Å². The van der Waals surface area contributed by atoms with Gasteiger partial charge in [0.05, 0.1) is 17.6 Å². The molecule has 1 aliphatic rings. The topological polar surface area (TPSA) is 76.1 Å². The maximum atomic E-state index is 9.31. The Bertz CT molecular complexity index is 612. The van der Waals surface area contributed by atoms with Crippen LogP contribution >= 0.6 is 0 Å². The zero-order valence-electron chi connectivity index (χ0n) is 11.9. The number of aliphatic hydroxyl groups is 1. The number of aryl methyl sites for hydroxylation is 1. The Morgan fingerprint density at radius 3 is 3.10 bits per heavy atom. The monoisotopic (exact) mass is 274 g/mol. The van der Waals surface area contributed by atoms with Gasteiger partial charge < -0.3 is 20.7 Å². The summed E-state index contributed by atoms with van der Waals surface area (Å²) >= 11 is 0. The number of rotatable bonds is 2. The second-order valence-electron chi connectivity index (χ2n) is 5.63. The second kappa shape index (κ2) is 5.42. The van der Waals surface area contributed by atoms with Crippen molar-refractivity contribution in [2.45, 2.75) is 38.8 Å². The molecule has 0 unspecified atom stereocenters. The third-order valence-corrected chi connectivity index (χ3v) is 4.13. The summed E-state index contributed by atoms with van der Waals surface area (Å²) < 4.78 is 2.17. The summed E-state index contributed by atoms with van der Waals surface area (Å²) in [6.07, 6.45) is 3.56. The van der Waals surface area contributed by atoms with Gasteiger partial charge in [-0.25, -0.2) is 4.98 Å². The van der Waals surface area contributed by atoms with Gasteiger partial charge in [-0.2, -0.15) is 0 Å². The first kappa shape index (κ1) is 13.4. The van der Waals surface area contributed by atoms with Gasteiger partial charge in [0.15, 0.2) is 0 Å². The molecule has 1 atom stereocenters. The highest BCUT2D eigenvalue weighted by atomic mass is 16.3. The van der Waals surface area contributed by atoms with Crippen LogP contribution in [-0.2, 0) is 6.61 Å². The fourth-order valence-corrected chi connectivity index (χ4v) is 3.21. The largest absolute Gasteiger partial charge is 0.392 e. The molecule has 4 N–H and O–H groups in total. The molecule has 1 aliphatic heterocycles. The van der Waals surface area contributed by atoms with Gasteiger partial charge in [-0.05, 0) is 43.5 Å². The van der Waals surface area contributed by atoms with E-state index in [2.05, 4.69) is 21.8 Å². The van der Waals surface area contributed by atoms with Gasteiger partial charge in [0, 0.05) is 12.6 Å². The van der Waals surface area contributed by atoms with Crippen LogP contribution in [-0.4, -0.2) is 27.7 Å². The number of aromatic nitrogens is 2. The van der Waals surface area contributed by atoms with E-state index in [1.54, 1.807) is 0 Å². The predicted octanol–water partition coefficient (Wildman–Crippen LogP) is 1.73. The number of fused-ring (bicyclic) bond motifs is 1. The number of nitrogen functional groups attached to an aromatic ring is 1. The molecule has 0 aliphatic carbocycles. The summed E-state index contributed by atoms with van der Waals surface area (Å²) in [6, 6.07) is 4.31. The SMILES string of the molecule is Cc1cc(CO)cc2nc(N)n([C@@H]3CCCCNC3)c12. The third kappa shape index (κ3) is 2.27. The highest BCUT2D eigenvalue weighted by Gasteiger charge is 2.20. The summed E-state index contributed by atoms with van der Waals surface area (Å²) in [6.45, 7) is 4.12. The van der Waals surface area contributed by atoms with Gasteiger partial charge in [-0.1, -0.05) is 12.5 Å². The standard InChI is InChI=1S/C15H22N4O/c1-10-6-11(9-20)7-13-14(10)19(15(16)18-13)12-4-2-3-5-17-8-12/h6-7,12,17,20H,2-5,8-9H2,1H3,(H2,16,18)/t12-/m1/s1. The van der Waals surface area contributed by atoms with E-state index in [4.69, 9.17) is 5.73 Å². The quantitative estimate of drug-likeness (QED) is 0.779. The van der Waals surface area contributed by atoms with Crippen LogP contribution in [0.2, 0.25) is 0 Å². The van der Waals surface area contributed by atoms with Crippen LogP contribution in [0.5, 0.6) is 0 Å². The number of nitrogens with two attached hydrogens (primary N) is 1. The van der Waals surface area contributed by atoms with Crippen molar-refractivity contribution >= 4 is 17.0 Å². The van der Waals surface area contributed by atoms with Gasteiger partial charge in [0.1, 0.15) is 0 Å². The molecule has 5 nitrogen and oxygen atoms in total. The Morgan fingerprint density at radius 2 is 2.30 bits per heavy atom. The molecule has 1 fully saturated rings. The van der Waals surface area contributed by atoms with E-state index in [0.29, 0.717) is 12.0 Å². The molecule has 2 aromatic rings. The lowest BCUT2D eigenvalue weighted by atomic mass is 10.1. The second-order valence-corrected chi connectivity index (χ2v) is 5.63. The lowest BCUT2D eigenvalue weighted by molar-refractivity contribution is 0.282. The lowest BCUT2D eigenvalue weighted by Crippen LogP contribution is -2.24. The van der Waals surface area contributed by atoms with Gasteiger partial charge in [-0.15, -0.1) is 0 Å². The van der Waals surface area contributed by atoms with Crippen molar-refractivity contribution in [3.63, 3.8) is 0 Å². The van der Waals surface area contributed by atoms with Crippen LogP contribution < -0.4 is 11.1 Å². The number of nitrogens with one attached hydrogen (secondary N) is 1. The summed E-state index contributed by atoms with van der Waals surface area (Å²) in [7, 11) is 0. The van der Waals surface area contributed by atoms with Crippen LogP contribution in [0.15, 0.2) is 12.1 Å². The van der Waals surface area contributed by atoms with Crippen LogP contribution in [0.1, 0.15) is 36.4 Å². The van der Waals surface area contributed by atoms with Crippen LogP contribution in [0.4, 0.5) is 5.95 Å². The molecule has 0 bridgehead atoms. The minimum Gasteiger partial charge on any atom is -0.392 e. The highest BCUT2D eigenvalue weighted by Crippen LogP contribution is 2.29. The highest BCUT2D eigenvalue weighted by molar-refractivity contribution is 5.82. The van der Waals surface area contributed by atoms with Gasteiger partial charge >= 0.3 is 0 Å². The van der Waals surface area contributed by atoms with E-state index >= 15 is 0 Å². The van der Waals surface area contributed by atoms with E-state index in [1.165, 1.54) is 12.8 Å². The first-order valence-electron chi connectivity index (χ1n) is 7.29. The first-order chi connectivity index (χ1) is 9.70. The molecule has 1 aromatic heterocycles. The van der Waals surface area contributed by atoms with Crippen molar-refractivity contribution in [3.8, 4) is 0 Å². The molecule has 108 valence electrons. The minimum atomic E-state index is 0.0362. The average Bonchev–Trinajstić information content (AvgIpc) is 2.63. The molecule has 20 heavy (non-hydrogen) atoms. The summed E-state index contributed by atoms with van der Waals surface area (Å²) in [5.41, 5.74) is 10.2.